The van der Waals surface area contributed by atoms with Crippen molar-refractivity contribution in [3.05, 3.63) is 16.5 Å². The Balaban J connectivity index is 1.76. The van der Waals surface area contributed by atoms with Crippen molar-refractivity contribution in [1.82, 2.24) is 9.97 Å². The van der Waals surface area contributed by atoms with Crippen LogP contribution in [0.25, 0.3) is 0 Å². The third-order valence-corrected chi connectivity index (χ3v) is 4.62. The van der Waals surface area contributed by atoms with Crippen LogP contribution >= 0.6 is 11.6 Å². The van der Waals surface area contributed by atoms with Crippen molar-refractivity contribution in [2.45, 2.75) is 51.1 Å². The first-order chi connectivity index (χ1) is 9.53. The van der Waals surface area contributed by atoms with E-state index in [1.165, 1.54) is 0 Å². The van der Waals surface area contributed by atoms with Crippen LogP contribution in [0.4, 0.5) is 5.82 Å². The average molecular weight is 296 g/mol. The summed E-state index contributed by atoms with van der Waals surface area (Å²) in [5.74, 6) is 0.936. The first-order valence-corrected chi connectivity index (χ1v) is 7.52. The van der Waals surface area contributed by atoms with Crippen molar-refractivity contribution in [2.75, 3.05) is 18.0 Å². The van der Waals surface area contributed by atoms with Gasteiger partial charge in [0.05, 0.1) is 24.5 Å². The zero-order valence-corrected chi connectivity index (χ0v) is 12.5. The zero-order chi connectivity index (χ0) is 13.9. The molecule has 3 aliphatic rings. The Labute approximate surface area is 123 Å². The smallest absolute Gasteiger partial charge is 0.224 e. The van der Waals surface area contributed by atoms with Crippen LogP contribution in [-0.4, -0.2) is 35.3 Å². The van der Waals surface area contributed by atoms with Gasteiger partial charge in [-0.2, -0.15) is 0 Å². The van der Waals surface area contributed by atoms with Gasteiger partial charge in [-0.1, -0.05) is 0 Å². The summed E-state index contributed by atoms with van der Waals surface area (Å²) in [7, 11) is 0. The van der Waals surface area contributed by atoms with Crippen LogP contribution in [0.3, 0.4) is 0 Å². The molecular formula is C14H18ClN3O2. The van der Waals surface area contributed by atoms with Gasteiger partial charge in [-0.25, -0.2) is 9.97 Å². The van der Waals surface area contributed by atoms with E-state index in [2.05, 4.69) is 14.9 Å². The molecule has 3 aliphatic heterocycles. The minimum atomic E-state index is -0.387. The van der Waals surface area contributed by atoms with Crippen LogP contribution in [0.2, 0.25) is 5.28 Å². The van der Waals surface area contributed by atoms with Gasteiger partial charge < -0.3 is 14.4 Å². The number of halogens is 1. The highest BCUT2D eigenvalue weighted by Gasteiger charge is 2.40. The van der Waals surface area contributed by atoms with Crippen LogP contribution in [0.1, 0.15) is 37.9 Å². The summed E-state index contributed by atoms with van der Waals surface area (Å²) in [5.41, 5.74) is 1.62. The Morgan fingerprint density at radius 3 is 2.60 bits per heavy atom. The quantitative estimate of drug-likeness (QED) is 0.744. The molecule has 20 heavy (non-hydrogen) atoms. The van der Waals surface area contributed by atoms with Crippen LogP contribution < -0.4 is 4.90 Å². The van der Waals surface area contributed by atoms with Gasteiger partial charge in [-0.15, -0.1) is 0 Å². The maximum Gasteiger partial charge on any atom is 0.224 e. The third-order valence-electron chi connectivity index (χ3n) is 4.45. The van der Waals surface area contributed by atoms with E-state index in [9.17, 15) is 0 Å². The van der Waals surface area contributed by atoms with E-state index in [0.717, 1.165) is 43.0 Å². The number of morpholine rings is 1. The number of nitrogens with zero attached hydrogens (tertiary/aromatic N) is 3. The second kappa shape index (κ2) is 4.29. The van der Waals surface area contributed by atoms with Gasteiger partial charge in [0.1, 0.15) is 11.4 Å². The first-order valence-electron chi connectivity index (χ1n) is 7.14. The lowest BCUT2D eigenvalue weighted by atomic mass is 10.0. The maximum atomic E-state index is 6.13. The SMILES string of the molecule is CC1(C)OCc2c(N3CC4CCC(C3)O4)nc(Cl)nc21. The van der Waals surface area contributed by atoms with E-state index < -0.39 is 0 Å². The molecule has 2 unspecified atom stereocenters. The normalized spacial score (nSPS) is 30.6. The van der Waals surface area contributed by atoms with Gasteiger partial charge in [-0.05, 0) is 38.3 Å². The molecule has 4 rings (SSSR count). The van der Waals surface area contributed by atoms with E-state index in [4.69, 9.17) is 21.1 Å². The molecule has 0 spiro atoms. The largest absolute Gasteiger partial charge is 0.371 e. The van der Waals surface area contributed by atoms with Crippen LogP contribution in [-0.2, 0) is 21.7 Å². The lowest BCUT2D eigenvalue weighted by Crippen LogP contribution is -2.43. The van der Waals surface area contributed by atoms with Crippen LogP contribution in [0.5, 0.6) is 0 Å². The summed E-state index contributed by atoms with van der Waals surface area (Å²) in [5, 5.41) is 0.302. The molecule has 2 atom stereocenters. The number of hydrogen-bond acceptors (Lipinski definition) is 5. The molecule has 5 nitrogen and oxygen atoms in total. The molecule has 108 valence electrons. The van der Waals surface area contributed by atoms with Gasteiger partial charge in [0, 0.05) is 18.7 Å². The standard InChI is InChI=1S/C14H18ClN3O2/c1-14(2)11-10(7-19-14)12(17-13(15)16-11)18-5-8-3-4-9(6-18)20-8/h8-9H,3-7H2,1-2H3. The van der Waals surface area contributed by atoms with Crippen molar-refractivity contribution in [1.29, 1.82) is 0 Å². The fourth-order valence-electron chi connectivity index (χ4n) is 3.45. The van der Waals surface area contributed by atoms with Crippen LogP contribution in [0.15, 0.2) is 0 Å². The van der Waals surface area contributed by atoms with E-state index >= 15 is 0 Å². The molecule has 0 radical (unpaired) electrons. The number of ether oxygens (including phenoxy) is 2. The van der Waals surface area contributed by atoms with Crippen molar-refractivity contribution in [2.24, 2.45) is 0 Å². The molecule has 0 aliphatic carbocycles. The molecular weight excluding hydrogens is 278 g/mol. The van der Waals surface area contributed by atoms with Crippen molar-refractivity contribution in [3.8, 4) is 0 Å². The summed E-state index contributed by atoms with van der Waals surface area (Å²) < 4.78 is 11.7. The summed E-state index contributed by atoms with van der Waals surface area (Å²) in [6.45, 7) is 6.37. The maximum absolute atomic E-state index is 6.13. The summed E-state index contributed by atoms with van der Waals surface area (Å²) in [6, 6.07) is 0. The highest BCUT2D eigenvalue weighted by molar-refractivity contribution is 6.28. The number of anilines is 1. The number of aromatic nitrogens is 2. The fourth-order valence-corrected chi connectivity index (χ4v) is 3.61. The minimum absolute atomic E-state index is 0.302. The zero-order valence-electron chi connectivity index (χ0n) is 11.7. The Morgan fingerprint density at radius 2 is 1.90 bits per heavy atom. The summed E-state index contributed by atoms with van der Waals surface area (Å²) >= 11 is 6.13. The Bertz CT molecular complexity index is 552. The lowest BCUT2D eigenvalue weighted by molar-refractivity contribution is -0.0101. The molecule has 1 aromatic rings. The van der Waals surface area contributed by atoms with E-state index in [1.807, 2.05) is 13.8 Å². The van der Waals surface area contributed by atoms with Crippen molar-refractivity contribution < 1.29 is 9.47 Å². The number of hydrogen-bond donors (Lipinski definition) is 0. The Hall–Kier alpha value is -0.910. The average Bonchev–Trinajstić information content (AvgIpc) is 2.89. The van der Waals surface area contributed by atoms with E-state index in [1.54, 1.807) is 0 Å². The predicted octanol–water partition coefficient (Wildman–Crippen LogP) is 2.26. The highest BCUT2D eigenvalue weighted by Crippen LogP contribution is 2.40. The fraction of sp³-hybridized carbons (Fsp3) is 0.714. The molecule has 1 aromatic heterocycles. The predicted molar refractivity (Wildman–Crippen MR) is 75.0 cm³/mol. The monoisotopic (exact) mass is 295 g/mol. The first kappa shape index (κ1) is 12.8. The van der Waals surface area contributed by atoms with Crippen molar-refractivity contribution >= 4 is 17.4 Å². The van der Waals surface area contributed by atoms with Gasteiger partial charge in [0.2, 0.25) is 5.28 Å². The number of rotatable bonds is 1. The van der Waals surface area contributed by atoms with E-state index in [-0.39, 0.29) is 5.60 Å². The Kier molecular flexibility index (Phi) is 2.75. The highest BCUT2D eigenvalue weighted by atomic mass is 35.5. The molecule has 2 fully saturated rings. The van der Waals surface area contributed by atoms with Gasteiger partial charge >= 0.3 is 0 Å². The summed E-state index contributed by atoms with van der Waals surface area (Å²) in [6.07, 6.45) is 2.94. The second-order valence-electron chi connectivity index (χ2n) is 6.30. The van der Waals surface area contributed by atoms with Gasteiger partial charge in [0.15, 0.2) is 0 Å². The van der Waals surface area contributed by atoms with Gasteiger partial charge in [-0.3, -0.25) is 0 Å². The third kappa shape index (κ3) is 1.91. The molecule has 0 N–H and O–H groups in total. The number of fused-ring (bicyclic) bond motifs is 3. The minimum Gasteiger partial charge on any atom is -0.371 e. The molecule has 0 saturated carbocycles. The Morgan fingerprint density at radius 1 is 1.20 bits per heavy atom. The van der Waals surface area contributed by atoms with Crippen molar-refractivity contribution in [3.63, 3.8) is 0 Å². The molecule has 4 heterocycles. The molecule has 0 aromatic carbocycles. The van der Waals surface area contributed by atoms with Crippen LogP contribution in [0, 0.1) is 0 Å². The molecule has 2 saturated heterocycles. The summed E-state index contributed by atoms with van der Waals surface area (Å²) in [4.78, 5) is 11.2. The molecule has 6 heteroatoms. The molecule has 0 amide bonds. The molecule has 2 bridgehead atoms. The second-order valence-corrected chi connectivity index (χ2v) is 6.64. The van der Waals surface area contributed by atoms with Gasteiger partial charge in [0.25, 0.3) is 0 Å². The lowest BCUT2D eigenvalue weighted by Gasteiger charge is -2.34. The van der Waals surface area contributed by atoms with E-state index in [0.29, 0.717) is 24.1 Å². The topological polar surface area (TPSA) is 47.5 Å².